The Balaban J connectivity index is 1.08. The Labute approximate surface area is 205 Å². The van der Waals surface area contributed by atoms with Crippen molar-refractivity contribution in [1.29, 1.82) is 0 Å². The van der Waals surface area contributed by atoms with Gasteiger partial charge in [0, 0.05) is 36.7 Å². The van der Waals surface area contributed by atoms with Gasteiger partial charge in [-0.3, -0.25) is 4.90 Å². The first-order chi connectivity index (χ1) is 16.8. The lowest BCUT2D eigenvalue weighted by molar-refractivity contribution is -0.126. The van der Waals surface area contributed by atoms with Gasteiger partial charge in [0.1, 0.15) is 17.0 Å². The maximum atomic E-state index is 12.9. The summed E-state index contributed by atoms with van der Waals surface area (Å²) in [6, 6.07) is 9.89. The van der Waals surface area contributed by atoms with Crippen LogP contribution in [0.5, 0.6) is 0 Å². The van der Waals surface area contributed by atoms with E-state index in [1.807, 2.05) is 12.1 Å². The van der Waals surface area contributed by atoms with Gasteiger partial charge in [-0.15, -0.1) is 11.3 Å². The number of halogens is 3. The zero-order chi connectivity index (χ0) is 24.2. The molecule has 10 heteroatoms. The van der Waals surface area contributed by atoms with E-state index in [1.165, 1.54) is 11.9 Å². The fourth-order valence-corrected chi connectivity index (χ4v) is 7.07. The van der Waals surface area contributed by atoms with Crippen LogP contribution in [0.25, 0.3) is 10.2 Å². The van der Waals surface area contributed by atoms with Gasteiger partial charge in [-0.05, 0) is 60.8 Å². The van der Waals surface area contributed by atoms with Crippen LogP contribution in [0.4, 0.5) is 29.5 Å². The summed E-state index contributed by atoms with van der Waals surface area (Å²) in [7, 11) is 0. The Morgan fingerprint density at radius 1 is 1.14 bits per heavy atom. The number of anilines is 2. The van der Waals surface area contributed by atoms with Gasteiger partial charge >= 0.3 is 12.2 Å². The van der Waals surface area contributed by atoms with E-state index in [4.69, 9.17) is 0 Å². The van der Waals surface area contributed by atoms with Crippen molar-refractivity contribution in [2.75, 3.05) is 36.0 Å². The molecule has 1 aromatic carbocycles. The molecular weight excluding hydrogens is 475 g/mol. The van der Waals surface area contributed by atoms with Gasteiger partial charge in [-0.1, -0.05) is 12.1 Å². The minimum Gasteiger partial charge on any atom is -0.355 e. The van der Waals surface area contributed by atoms with Crippen molar-refractivity contribution in [3.63, 3.8) is 0 Å². The highest BCUT2D eigenvalue weighted by Crippen LogP contribution is 2.53. The van der Waals surface area contributed by atoms with E-state index >= 15 is 0 Å². The average molecular weight is 502 g/mol. The zero-order valence-corrected chi connectivity index (χ0v) is 20.0. The predicted octanol–water partition coefficient (Wildman–Crippen LogP) is 5.17. The second-order valence-corrected chi connectivity index (χ2v) is 11.2. The van der Waals surface area contributed by atoms with Crippen LogP contribution in [-0.2, 0) is 12.8 Å². The number of nitrogens with zero attached hydrogens (tertiary/aromatic N) is 4. The first-order valence-electron chi connectivity index (χ1n) is 12.0. The summed E-state index contributed by atoms with van der Waals surface area (Å²) >= 11 is 1.10. The highest BCUT2D eigenvalue weighted by molar-refractivity contribution is 7.18. The number of urea groups is 1. The number of aromatic nitrogens is 2. The molecule has 0 bridgehead atoms. The second-order valence-electron chi connectivity index (χ2n) is 10.1. The van der Waals surface area contributed by atoms with Crippen molar-refractivity contribution in [2.45, 2.75) is 38.3 Å². The molecule has 1 N–H and O–H groups in total. The number of benzene rings is 1. The van der Waals surface area contributed by atoms with Crippen LogP contribution in [0.2, 0.25) is 0 Å². The van der Waals surface area contributed by atoms with Gasteiger partial charge < -0.3 is 10.2 Å². The van der Waals surface area contributed by atoms with Crippen molar-refractivity contribution in [2.24, 2.45) is 11.3 Å². The number of fused-ring (bicyclic) bond motifs is 1. The third kappa shape index (κ3) is 4.44. The quantitative estimate of drug-likeness (QED) is 0.524. The molecule has 0 unspecified atom stereocenters. The lowest BCUT2D eigenvalue weighted by Gasteiger charge is -2.45. The minimum atomic E-state index is -4.23. The average Bonchev–Trinajstić information content (AvgIpc) is 3.50. The van der Waals surface area contributed by atoms with E-state index in [0.717, 1.165) is 67.0 Å². The largest absolute Gasteiger partial charge is 0.393 e. The molecule has 3 aliphatic rings. The normalized spacial score (nSPS) is 24.4. The summed E-state index contributed by atoms with van der Waals surface area (Å²) in [6.07, 6.45) is 0.722. The Bertz CT molecular complexity index is 1250. The summed E-state index contributed by atoms with van der Waals surface area (Å²) in [5, 5.41) is 3.56. The molecule has 2 aliphatic heterocycles. The molecule has 0 atom stereocenters. The molecule has 35 heavy (non-hydrogen) atoms. The summed E-state index contributed by atoms with van der Waals surface area (Å²) in [6.45, 7) is 3.15. The molecule has 2 saturated heterocycles. The van der Waals surface area contributed by atoms with Gasteiger partial charge in [0.2, 0.25) is 0 Å². The molecule has 1 spiro atoms. The molecule has 3 fully saturated rings. The Morgan fingerprint density at radius 3 is 2.66 bits per heavy atom. The number of alkyl halides is 3. The number of thiophene rings is 1. The maximum absolute atomic E-state index is 12.9. The van der Waals surface area contributed by atoms with Gasteiger partial charge in [-0.25, -0.2) is 14.8 Å². The first-order valence-corrected chi connectivity index (χ1v) is 12.8. The molecule has 3 aromatic rings. The second kappa shape index (κ2) is 8.36. The van der Waals surface area contributed by atoms with Crippen molar-refractivity contribution in [3.8, 4) is 0 Å². The van der Waals surface area contributed by atoms with Crippen LogP contribution in [0, 0.1) is 11.3 Å². The van der Waals surface area contributed by atoms with Crippen LogP contribution in [0.3, 0.4) is 0 Å². The number of hydrogen-bond acceptors (Lipinski definition) is 5. The summed E-state index contributed by atoms with van der Waals surface area (Å²) in [5.74, 6) is 1.39. The van der Waals surface area contributed by atoms with Crippen LogP contribution in [0.15, 0.2) is 36.7 Å². The maximum Gasteiger partial charge on any atom is 0.393 e. The van der Waals surface area contributed by atoms with Crippen molar-refractivity contribution < 1.29 is 18.0 Å². The molecular formula is C25H26F3N5OS. The summed E-state index contributed by atoms with van der Waals surface area (Å²) < 4.78 is 38.6. The topological polar surface area (TPSA) is 61.4 Å². The lowest BCUT2D eigenvalue weighted by Crippen LogP contribution is -2.40. The number of rotatable bonds is 5. The van der Waals surface area contributed by atoms with Crippen LogP contribution in [-0.4, -0.2) is 48.4 Å². The number of carbonyl (C=O) groups excluding carboxylic acids is 1. The molecule has 2 aromatic heterocycles. The van der Waals surface area contributed by atoms with Gasteiger partial charge in [0.25, 0.3) is 0 Å². The molecule has 1 saturated carbocycles. The van der Waals surface area contributed by atoms with Gasteiger partial charge in [0.05, 0.1) is 11.8 Å². The Kier molecular flexibility index (Phi) is 5.39. The number of hydrogen-bond donors (Lipinski definition) is 1. The predicted molar refractivity (Wildman–Crippen MR) is 130 cm³/mol. The Hall–Kier alpha value is -2.88. The van der Waals surface area contributed by atoms with E-state index in [0.29, 0.717) is 23.8 Å². The fourth-order valence-electron chi connectivity index (χ4n) is 6.05. The molecule has 184 valence electrons. The molecule has 4 heterocycles. The standard InChI is InChI=1S/C25H26F3N5OS/c26-25(27,28)13-19-10-20-21(30-15-31-22(20)35-19)32-7-5-24(14-32)11-17(12-24)9-16-1-3-18(4-2-16)33-8-6-29-23(33)34/h1-4,10,15,17H,5-9,11-14H2,(H,29,34). The van der Waals surface area contributed by atoms with E-state index in [1.54, 1.807) is 11.0 Å². The van der Waals surface area contributed by atoms with E-state index in [2.05, 4.69) is 32.3 Å². The SMILES string of the molecule is O=C1NCCN1c1ccc(CC2CC3(CCN(c4ncnc5sc(CC(F)(F)F)cc45)C3)C2)cc1. The molecule has 6 nitrogen and oxygen atoms in total. The van der Waals surface area contributed by atoms with Crippen molar-refractivity contribution in [3.05, 3.63) is 47.1 Å². The van der Waals surface area contributed by atoms with Crippen molar-refractivity contribution in [1.82, 2.24) is 15.3 Å². The number of amides is 2. The highest BCUT2D eigenvalue weighted by Gasteiger charge is 2.48. The zero-order valence-electron chi connectivity index (χ0n) is 19.1. The lowest BCUT2D eigenvalue weighted by atomic mass is 9.60. The highest BCUT2D eigenvalue weighted by atomic mass is 32.1. The Morgan fingerprint density at radius 2 is 1.94 bits per heavy atom. The van der Waals surface area contributed by atoms with E-state index < -0.39 is 12.6 Å². The third-order valence-electron chi connectivity index (χ3n) is 7.54. The van der Waals surface area contributed by atoms with Crippen LogP contribution >= 0.6 is 11.3 Å². The van der Waals surface area contributed by atoms with Gasteiger partial charge in [-0.2, -0.15) is 13.2 Å². The van der Waals surface area contributed by atoms with E-state index in [-0.39, 0.29) is 16.3 Å². The molecule has 0 radical (unpaired) electrons. The molecule has 1 aliphatic carbocycles. The third-order valence-corrected chi connectivity index (χ3v) is 8.59. The smallest absolute Gasteiger partial charge is 0.355 e. The number of carbonyl (C=O) groups is 1. The summed E-state index contributed by atoms with van der Waals surface area (Å²) in [5.41, 5.74) is 2.49. The molecule has 2 amide bonds. The monoisotopic (exact) mass is 501 g/mol. The van der Waals surface area contributed by atoms with Gasteiger partial charge in [0.15, 0.2) is 0 Å². The van der Waals surface area contributed by atoms with Crippen LogP contribution in [0.1, 0.15) is 29.7 Å². The fraction of sp³-hybridized carbons (Fsp3) is 0.480. The molecule has 6 rings (SSSR count). The summed E-state index contributed by atoms with van der Waals surface area (Å²) in [4.78, 5) is 25.4. The van der Waals surface area contributed by atoms with Crippen LogP contribution < -0.4 is 15.1 Å². The van der Waals surface area contributed by atoms with Crippen molar-refractivity contribution >= 4 is 39.1 Å². The number of nitrogens with one attached hydrogen (secondary N) is 1. The van der Waals surface area contributed by atoms with E-state index in [9.17, 15) is 18.0 Å². The minimum absolute atomic E-state index is 0.0375. The first kappa shape index (κ1) is 22.6.